The van der Waals surface area contributed by atoms with Crippen LogP contribution in [0.2, 0.25) is 0 Å². The summed E-state index contributed by atoms with van der Waals surface area (Å²) >= 11 is 0. The molecule has 10 atom stereocenters. The summed E-state index contributed by atoms with van der Waals surface area (Å²) < 4.78 is 20.3. The van der Waals surface area contributed by atoms with Crippen molar-refractivity contribution in [1.82, 2.24) is 0 Å². The van der Waals surface area contributed by atoms with E-state index >= 15 is 0 Å². The molecule has 0 aliphatic carbocycles. The highest BCUT2D eigenvalue weighted by Crippen LogP contribution is 2.29. The first-order valence-corrected chi connectivity index (χ1v) is 8.03. The summed E-state index contributed by atoms with van der Waals surface area (Å²) in [5.41, 5.74) is 0. The van der Waals surface area contributed by atoms with Gasteiger partial charge in [-0.3, -0.25) is 14.9 Å². The van der Waals surface area contributed by atoms with E-state index in [-0.39, 0.29) is 0 Å². The average molecular weight is 401 g/mol. The number of nitro groups is 1. The number of hydrogen-bond donors (Lipinski definition) is 7. The van der Waals surface area contributed by atoms with E-state index in [4.69, 9.17) is 24.1 Å². The Labute approximate surface area is 152 Å². The van der Waals surface area contributed by atoms with Crippen LogP contribution in [0.4, 0.5) is 0 Å². The second kappa shape index (κ2) is 9.44. The second-order valence-corrected chi connectivity index (χ2v) is 6.13. The highest BCUT2D eigenvalue weighted by atomic mass is 16.8. The van der Waals surface area contributed by atoms with Crippen molar-refractivity contribution in [3.05, 3.63) is 10.1 Å². The summed E-state index contributed by atoms with van der Waals surface area (Å²) in [6, 6.07) is 0. The first-order chi connectivity index (χ1) is 12.7. The number of ether oxygens (including phenoxy) is 4. The summed E-state index contributed by atoms with van der Waals surface area (Å²) in [5.74, 6) is 0. The van der Waals surface area contributed by atoms with Crippen molar-refractivity contribution in [2.24, 2.45) is 0 Å². The van der Waals surface area contributed by atoms with Gasteiger partial charge in [0.1, 0.15) is 48.8 Å². The molecule has 0 radical (unpaired) electrons. The Kier molecular flexibility index (Phi) is 7.78. The molecular formula is C13H23NO13. The van der Waals surface area contributed by atoms with E-state index < -0.39 is 86.3 Å². The Morgan fingerprint density at radius 3 is 1.93 bits per heavy atom. The number of aliphatic hydroxyl groups excluding tert-OH is 7. The SMILES string of the molecule is O=[N+]([O-])CO[C@@H]1O[C@H](CO)[C@@H](O[C@@H]2O[C@H](CO)[C@@H](O)[C@H](O)[C@H]2O)[C@H](O)[C@H]1O. The Morgan fingerprint density at radius 1 is 0.815 bits per heavy atom. The molecule has 0 aromatic heterocycles. The van der Waals surface area contributed by atoms with Gasteiger partial charge in [-0.15, -0.1) is 0 Å². The minimum atomic E-state index is -1.80. The van der Waals surface area contributed by atoms with Gasteiger partial charge in [0.25, 0.3) is 0 Å². The van der Waals surface area contributed by atoms with Gasteiger partial charge in [0.15, 0.2) is 12.6 Å². The summed E-state index contributed by atoms with van der Waals surface area (Å²) in [4.78, 5) is 9.52. The van der Waals surface area contributed by atoms with Crippen LogP contribution < -0.4 is 0 Å². The van der Waals surface area contributed by atoms with E-state index in [9.17, 15) is 40.8 Å². The molecule has 0 spiro atoms. The molecule has 0 amide bonds. The van der Waals surface area contributed by atoms with E-state index in [1.54, 1.807) is 0 Å². The third-order valence-corrected chi connectivity index (χ3v) is 4.30. The topological polar surface area (TPSA) is 222 Å². The normalized spacial score (nSPS) is 45.6. The van der Waals surface area contributed by atoms with Crippen LogP contribution in [0.1, 0.15) is 0 Å². The second-order valence-electron chi connectivity index (χ2n) is 6.13. The fourth-order valence-electron chi connectivity index (χ4n) is 2.83. The summed E-state index contributed by atoms with van der Waals surface area (Å²) in [7, 11) is 0. The molecule has 2 aliphatic heterocycles. The Morgan fingerprint density at radius 2 is 1.37 bits per heavy atom. The van der Waals surface area contributed by atoms with Crippen LogP contribution in [0.3, 0.4) is 0 Å². The van der Waals surface area contributed by atoms with E-state index in [2.05, 4.69) is 0 Å². The largest absolute Gasteiger partial charge is 0.394 e. The molecular weight excluding hydrogens is 378 g/mol. The van der Waals surface area contributed by atoms with E-state index in [1.807, 2.05) is 0 Å². The number of nitrogens with zero attached hydrogens (tertiary/aromatic N) is 1. The lowest BCUT2D eigenvalue weighted by molar-refractivity contribution is -0.542. The van der Waals surface area contributed by atoms with Crippen molar-refractivity contribution in [2.75, 3.05) is 19.9 Å². The van der Waals surface area contributed by atoms with Crippen LogP contribution in [0, 0.1) is 10.1 Å². The van der Waals surface area contributed by atoms with Crippen LogP contribution in [0.5, 0.6) is 0 Å². The summed E-state index contributed by atoms with van der Waals surface area (Å²) in [6.45, 7) is -2.49. The lowest BCUT2D eigenvalue weighted by atomic mass is 9.97. The molecule has 0 saturated carbocycles. The summed E-state index contributed by atoms with van der Waals surface area (Å²) in [6.07, 6.45) is -16.1. The molecule has 2 fully saturated rings. The monoisotopic (exact) mass is 401 g/mol. The predicted molar refractivity (Wildman–Crippen MR) is 79.3 cm³/mol. The fraction of sp³-hybridized carbons (Fsp3) is 1.00. The van der Waals surface area contributed by atoms with Gasteiger partial charge in [-0.25, -0.2) is 0 Å². The van der Waals surface area contributed by atoms with Gasteiger partial charge in [0.05, 0.1) is 13.2 Å². The Balaban J connectivity index is 2.09. The molecule has 2 rings (SSSR count). The number of aliphatic hydroxyl groups is 7. The maximum atomic E-state index is 10.4. The van der Waals surface area contributed by atoms with Gasteiger partial charge in [0, 0.05) is 4.92 Å². The van der Waals surface area contributed by atoms with Crippen molar-refractivity contribution in [1.29, 1.82) is 0 Å². The van der Waals surface area contributed by atoms with Crippen molar-refractivity contribution in [2.45, 2.75) is 61.4 Å². The highest BCUT2D eigenvalue weighted by molar-refractivity contribution is 4.93. The highest BCUT2D eigenvalue weighted by Gasteiger charge is 2.50. The molecule has 14 nitrogen and oxygen atoms in total. The molecule has 2 saturated heterocycles. The van der Waals surface area contributed by atoms with Crippen LogP contribution in [0.25, 0.3) is 0 Å². The third kappa shape index (κ3) is 4.87. The van der Waals surface area contributed by atoms with Crippen molar-refractivity contribution in [3.8, 4) is 0 Å². The van der Waals surface area contributed by atoms with E-state index in [0.29, 0.717) is 0 Å². The van der Waals surface area contributed by atoms with Crippen LogP contribution in [-0.4, -0.2) is 122 Å². The standard InChI is InChI=1S/C13H23NO13/c15-1-4-6(17)7(18)9(20)13(25-4)27-11-5(2-16)26-12(10(21)8(11)19)24-3-14(22)23/h4-13,15-21H,1-3H2/t4-,5-,6-,7+,8-,9-,10-,11-,12-,13+/m1/s1. The molecule has 27 heavy (non-hydrogen) atoms. The minimum Gasteiger partial charge on any atom is -0.394 e. The molecule has 0 unspecified atom stereocenters. The smallest absolute Gasteiger partial charge is 0.308 e. The molecule has 0 bridgehead atoms. The van der Waals surface area contributed by atoms with Gasteiger partial charge in [-0.05, 0) is 0 Å². The minimum absolute atomic E-state index is 0.711. The van der Waals surface area contributed by atoms with E-state index in [1.165, 1.54) is 0 Å². The zero-order chi connectivity index (χ0) is 20.3. The molecule has 158 valence electrons. The Bertz CT molecular complexity index is 491. The zero-order valence-corrected chi connectivity index (χ0v) is 13.9. The third-order valence-electron chi connectivity index (χ3n) is 4.30. The van der Waals surface area contributed by atoms with Gasteiger partial charge >= 0.3 is 6.73 Å². The summed E-state index contributed by atoms with van der Waals surface area (Å²) in [5, 5.41) is 78.6. The molecule has 0 aromatic rings. The van der Waals surface area contributed by atoms with E-state index in [0.717, 1.165) is 0 Å². The first-order valence-electron chi connectivity index (χ1n) is 8.03. The van der Waals surface area contributed by atoms with Gasteiger partial charge in [-0.2, -0.15) is 0 Å². The molecule has 2 aliphatic rings. The van der Waals surface area contributed by atoms with Crippen molar-refractivity contribution >= 4 is 0 Å². The van der Waals surface area contributed by atoms with Gasteiger partial charge in [-0.1, -0.05) is 0 Å². The number of rotatable bonds is 7. The van der Waals surface area contributed by atoms with Crippen LogP contribution >= 0.6 is 0 Å². The predicted octanol–water partition coefficient (Wildman–Crippen LogP) is -5.14. The average Bonchev–Trinajstić information content (AvgIpc) is 2.64. The quantitative estimate of drug-likeness (QED) is 0.121. The van der Waals surface area contributed by atoms with Gasteiger partial charge in [0.2, 0.25) is 0 Å². The maximum absolute atomic E-state index is 10.4. The molecule has 7 N–H and O–H groups in total. The zero-order valence-electron chi connectivity index (χ0n) is 13.9. The van der Waals surface area contributed by atoms with Crippen LogP contribution in [-0.2, 0) is 18.9 Å². The molecule has 2 heterocycles. The van der Waals surface area contributed by atoms with Crippen molar-refractivity contribution in [3.63, 3.8) is 0 Å². The molecule has 14 heteroatoms. The van der Waals surface area contributed by atoms with Gasteiger partial charge < -0.3 is 50.0 Å². The Hall–Kier alpha value is -1.04. The van der Waals surface area contributed by atoms with Crippen molar-refractivity contribution < 1.29 is 59.6 Å². The van der Waals surface area contributed by atoms with Crippen LogP contribution in [0.15, 0.2) is 0 Å². The molecule has 0 aromatic carbocycles. The maximum Gasteiger partial charge on any atom is 0.308 e. The lowest BCUT2D eigenvalue weighted by Gasteiger charge is -2.45. The fourth-order valence-corrected chi connectivity index (χ4v) is 2.83. The number of hydrogen-bond acceptors (Lipinski definition) is 13. The first kappa shape index (κ1) is 22.3. The lowest BCUT2D eigenvalue weighted by Crippen LogP contribution is -2.64.